The third kappa shape index (κ3) is 4.70. The van der Waals surface area contributed by atoms with E-state index >= 15 is 0 Å². The van der Waals surface area contributed by atoms with Crippen LogP contribution in [0.1, 0.15) is 35.7 Å². The minimum atomic E-state index is -0.419. The molecule has 0 aliphatic heterocycles. The first-order chi connectivity index (χ1) is 9.33. The van der Waals surface area contributed by atoms with Crippen molar-refractivity contribution in [3.05, 3.63) is 23.2 Å². The molecule has 0 aliphatic carbocycles. The second-order valence-electron chi connectivity index (χ2n) is 5.07. The second-order valence-corrected chi connectivity index (χ2v) is 5.07. The standard InChI is InChI=1S/C14H22N2O4/c1-9(2)15-13(17)8-16(4)7-11-6-12(10(3)20-11)14(18)19-5/h6,9H,7-8H2,1-5H3,(H,15,17). The van der Waals surface area contributed by atoms with E-state index in [0.717, 1.165) is 0 Å². The number of rotatable bonds is 6. The summed E-state index contributed by atoms with van der Waals surface area (Å²) in [5.74, 6) is 0.686. The Bertz CT molecular complexity index is 480. The summed E-state index contributed by atoms with van der Waals surface area (Å²) in [4.78, 5) is 24.9. The van der Waals surface area contributed by atoms with Gasteiger partial charge in [-0.2, -0.15) is 0 Å². The lowest BCUT2D eigenvalue weighted by Gasteiger charge is -2.16. The number of carbonyl (C=O) groups excluding carboxylic acids is 2. The summed E-state index contributed by atoms with van der Waals surface area (Å²) in [6.45, 7) is 6.25. The average Bonchev–Trinajstić information content (AvgIpc) is 2.67. The lowest BCUT2D eigenvalue weighted by molar-refractivity contribution is -0.122. The zero-order chi connectivity index (χ0) is 15.3. The Hall–Kier alpha value is -1.82. The maximum Gasteiger partial charge on any atom is 0.341 e. The van der Waals surface area contributed by atoms with Gasteiger partial charge in [-0.05, 0) is 33.9 Å². The van der Waals surface area contributed by atoms with Gasteiger partial charge in [0, 0.05) is 6.04 Å². The first kappa shape index (κ1) is 16.2. The number of hydrogen-bond acceptors (Lipinski definition) is 5. The van der Waals surface area contributed by atoms with Crippen molar-refractivity contribution in [2.45, 2.75) is 33.4 Å². The minimum absolute atomic E-state index is 0.0426. The Morgan fingerprint density at radius 3 is 2.65 bits per heavy atom. The summed E-state index contributed by atoms with van der Waals surface area (Å²) in [7, 11) is 3.15. The minimum Gasteiger partial charge on any atom is -0.465 e. The topological polar surface area (TPSA) is 71.8 Å². The summed E-state index contributed by atoms with van der Waals surface area (Å²) in [5.41, 5.74) is 0.419. The number of likely N-dealkylation sites (N-methyl/N-ethyl adjacent to an activating group) is 1. The Morgan fingerprint density at radius 2 is 2.10 bits per heavy atom. The molecular formula is C14H22N2O4. The van der Waals surface area contributed by atoms with E-state index in [1.165, 1.54) is 7.11 Å². The van der Waals surface area contributed by atoms with Crippen LogP contribution < -0.4 is 5.32 Å². The third-order valence-corrected chi connectivity index (χ3v) is 2.66. The molecule has 0 unspecified atom stereocenters. The van der Waals surface area contributed by atoms with Gasteiger partial charge in [-0.3, -0.25) is 9.69 Å². The monoisotopic (exact) mass is 282 g/mol. The van der Waals surface area contributed by atoms with Crippen LogP contribution in [0.25, 0.3) is 0 Å². The van der Waals surface area contributed by atoms with Gasteiger partial charge in [0.2, 0.25) is 5.91 Å². The Morgan fingerprint density at radius 1 is 1.45 bits per heavy atom. The van der Waals surface area contributed by atoms with Gasteiger partial charge in [-0.25, -0.2) is 4.79 Å². The van der Waals surface area contributed by atoms with Crippen LogP contribution in [-0.2, 0) is 16.1 Å². The van der Waals surface area contributed by atoms with Crippen LogP contribution >= 0.6 is 0 Å². The number of nitrogens with one attached hydrogen (secondary N) is 1. The van der Waals surface area contributed by atoms with Crippen LogP contribution in [0, 0.1) is 6.92 Å². The molecule has 0 saturated heterocycles. The maximum atomic E-state index is 11.6. The highest BCUT2D eigenvalue weighted by Crippen LogP contribution is 2.16. The summed E-state index contributed by atoms with van der Waals surface area (Å²) in [6.07, 6.45) is 0. The Kier molecular flexibility index (Phi) is 5.76. The fourth-order valence-corrected chi connectivity index (χ4v) is 1.87. The number of furan rings is 1. The molecular weight excluding hydrogens is 260 g/mol. The fourth-order valence-electron chi connectivity index (χ4n) is 1.87. The summed E-state index contributed by atoms with van der Waals surface area (Å²) in [6, 6.07) is 1.77. The molecule has 1 aromatic rings. The highest BCUT2D eigenvalue weighted by atomic mass is 16.5. The van der Waals surface area contributed by atoms with Crippen LogP contribution in [0.5, 0.6) is 0 Å². The molecule has 6 heteroatoms. The largest absolute Gasteiger partial charge is 0.465 e. The molecule has 112 valence electrons. The van der Waals surface area contributed by atoms with E-state index in [0.29, 0.717) is 23.6 Å². The number of aryl methyl sites for hydroxylation is 1. The number of esters is 1. The van der Waals surface area contributed by atoms with Crippen LogP contribution in [0.2, 0.25) is 0 Å². The molecule has 1 N–H and O–H groups in total. The Labute approximate surface area is 119 Å². The highest BCUT2D eigenvalue weighted by molar-refractivity contribution is 5.90. The molecule has 1 rings (SSSR count). The molecule has 0 radical (unpaired) electrons. The third-order valence-electron chi connectivity index (χ3n) is 2.66. The first-order valence-corrected chi connectivity index (χ1v) is 6.49. The molecule has 0 aliphatic rings. The molecule has 20 heavy (non-hydrogen) atoms. The fraction of sp³-hybridized carbons (Fsp3) is 0.571. The Balaban J connectivity index is 2.60. The predicted molar refractivity (Wildman–Crippen MR) is 74.4 cm³/mol. The lowest BCUT2D eigenvalue weighted by atomic mass is 10.2. The smallest absolute Gasteiger partial charge is 0.341 e. The van der Waals surface area contributed by atoms with Crippen LogP contribution in [0.4, 0.5) is 0 Å². The first-order valence-electron chi connectivity index (χ1n) is 6.49. The summed E-state index contributed by atoms with van der Waals surface area (Å²) >= 11 is 0. The van der Waals surface area contributed by atoms with Gasteiger partial charge >= 0.3 is 5.97 Å². The number of nitrogens with zero attached hydrogens (tertiary/aromatic N) is 1. The molecule has 0 spiro atoms. The number of ether oxygens (including phenoxy) is 1. The number of methoxy groups -OCH3 is 1. The SMILES string of the molecule is COC(=O)c1cc(CN(C)CC(=O)NC(C)C)oc1C. The van der Waals surface area contributed by atoms with Crippen molar-refractivity contribution in [2.24, 2.45) is 0 Å². The van der Waals surface area contributed by atoms with Crippen molar-refractivity contribution < 1.29 is 18.7 Å². The van der Waals surface area contributed by atoms with E-state index in [2.05, 4.69) is 10.1 Å². The molecule has 6 nitrogen and oxygen atoms in total. The predicted octanol–water partition coefficient (Wildman–Crippen LogP) is 1.33. The van der Waals surface area contributed by atoms with Crippen molar-refractivity contribution in [3.8, 4) is 0 Å². The summed E-state index contributed by atoms with van der Waals surface area (Å²) < 4.78 is 10.2. The molecule has 0 bridgehead atoms. The highest BCUT2D eigenvalue weighted by Gasteiger charge is 2.17. The molecule has 0 fully saturated rings. The molecule has 1 amide bonds. The lowest BCUT2D eigenvalue weighted by Crippen LogP contribution is -2.38. The van der Waals surface area contributed by atoms with Crippen LogP contribution in [-0.4, -0.2) is 43.5 Å². The van der Waals surface area contributed by atoms with Gasteiger partial charge in [-0.15, -0.1) is 0 Å². The van der Waals surface area contributed by atoms with E-state index in [1.54, 1.807) is 13.0 Å². The van der Waals surface area contributed by atoms with Gasteiger partial charge in [-0.1, -0.05) is 0 Å². The zero-order valence-corrected chi connectivity index (χ0v) is 12.6. The van der Waals surface area contributed by atoms with E-state index in [-0.39, 0.29) is 18.5 Å². The number of hydrogen-bond donors (Lipinski definition) is 1. The molecule has 0 saturated carbocycles. The van der Waals surface area contributed by atoms with Crippen LogP contribution in [0.3, 0.4) is 0 Å². The van der Waals surface area contributed by atoms with Gasteiger partial charge in [0.05, 0.1) is 20.2 Å². The van der Waals surface area contributed by atoms with Gasteiger partial charge in [0.1, 0.15) is 17.1 Å². The number of carbonyl (C=O) groups is 2. The number of amides is 1. The van der Waals surface area contributed by atoms with Gasteiger partial charge in [0.15, 0.2) is 0 Å². The van der Waals surface area contributed by atoms with Crippen LogP contribution in [0.15, 0.2) is 10.5 Å². The average molecular weight is 282 g/mol. The van der Waals surface area contributed by atoms with Crippen molar-refractivity contribution >= 4 is 11.9 Å². The van der Waals surface area contributed by atoms with E-state index in [9.17, 15) is 9.59 Å². The van der Waals surface area contributed by atoms with Gasteiger partial charge in [0.25, 0.3) is 0 Å². The molecule has 0 aromatic carbocycles. The molecule has 0 atom stereocenters. The second kappa shape index (κ2) is 7.09. The van der Waals surface area contributed by atoms with Crippen molar-refractivity contribution in [3.63, 3.8) is 0 Å². The molecule has 1 heterocycles. The van der Waals surface area contributed by atoms with E-state index in [4.69, 9.17) is 4.42 Å². The molecule has 1 aromatic heterocycles. The normalized spacial score (nSPS) is 10.9. The zero-order valence-electron chi connectivity index (χ0n) is 12.6. The quantitative estimate of drug-likeness (QED) is 0.797. The van der Waals surface area contributed by atoms with E-state index < -0.39 is 5.97 Å². The van der Waals surface area contributed by atoms with E-state index in [1.807, 2.05) is 25.8 Å². The van der Waals surface area contributed by atoms with Crippen molar-refractivity contribution in [2.75, 3.05) is 20.7 Å². The van der Waals surface area contributed by atoms with Crippen molar-refractivity contribution in [1.82, 2.24) is 10.2 Å². The maximum absolute atomic E-state index is 11.6. The van der Waals surface area contributed by atoms with Gasteiger partial charge < -0.3 is 14.5 Å². The van der Waals surface area contributed by atoms with Crippen molar-refractivity contribution in [1.29, 1.82) is 0 Å². The summed E-state index contributed by atoms with van der Waals surface area (Å²) in [5, 5.41) is 2.82.